The summed E-state index contributed by atoms with van der Waals surface area (Å²) in [6.07, 6.45) is 0. The fraction of sp³-hybridized carbons (Fsp3) is 0.500. The lowest BCUT2D eigenvalue weighted by Crippen LogP contribution is -2.42. The SMILES string of the molecule is CC(C)C[Si](C)(C)c1ccccc1. The van der Waals surface area contributed by atoms with Crippen LogP contribution in [0.5, 0.6) is 0 Å². The van der Waals surface area contributed by atoms with Gasteiger partial charge in [-0.25, -0.2) is 0 Å². The van der Waals surface area contributed by atoms with Gasteiger partial charge in [-0.05, 0) is 5.92 Å². The maximum absolute atomic E-state index is 2.46. The third-order valence-electron chi connectivity index (χ3n) is 2.47. The van der Waals surface area contributed by atoms with Crippen molar-refractivity contribution in [2.75, 3.05) is 0 Å². The first-order chi connectivity index (χ1) is 6.02. The van der Waals surface area contributed by atoms with Crippen LogP contribution in [-0.4, -0.2) is 8.07 Å². The summed E-state index contributed by atoms with van der Waals surface area (Å²) >= 11 is 0. The van der Waals surface area contributed by atoms with Crippen LogP contribution in [0.1, 0.15) is 13.8 Å². The van der Waals surface area contributed by atoms with Crippen LogP contribution in [0.3, 0.4) is 0 Å². The van der Waals surface area contributed by atoms with E-state index in [2.05, 4.69) is 57.3 Å². The molecular formula is C12H20Si. The van der Waals surface area contributed by atoms with Crippen molar-refractivity contribution in [2.24, 2.45) is 5.92 Å². The molecule has 0 saturated heterocycles. The predicted molar refractivity (Wildman–Crippen MR) is 63.2 cm³/mol. The molecule has 0 radical (unpaired) electrons. The Labute approximate surface area is 83.0 Å². The highest BCUT2D eigenvalue weighted by molar-refractivity contribution is 6.89. The lowest BCUT2D eigenvalue weighted by atomic mass is 10.3. The molecule has 1 aromatic carbocycles. The minimum atomic E-state index is -1.14. The Kier molecular flexibility index (Phi) is 3.31. The summed E-state index contributed by atoms with van der Waals surface area (Å²) in [5, 5.41) is 1.59. The largest absolute Gasteiger partial charge is 0.0808 e. The highest BCUT2D eigenvalue weighted by Gasteiger charge is 2.23. The Morgan fingerprint density at radius 1 is 1.08 bits per heavy atom. The Morgan fingerprint density at radius 2 is 1.62 bits per heavy atom. The molecule has 0 N–H and O–H groups in total. The van der Waals surface area contributed by atoms with Crippen LogP contribution in [0.2, 0.25) is 19.1 Å². The molecule has 0 unspecified atom stereocenters. The van der Waals surface area contributed by atoms with Gasteiger partial charge in [-0.3, -0.25) is 0 Å². The molecule has 0 atom stereocenters. The minimum Gasteiger partial charge on any atom is -0.0654 e. The van der Waals surface area contributed by atoms with Gasteiger partial charge in [0, 0.05) is 0 Å². The molecule has 0 bridgehead atoms. The summed E-state index contributed by atoms with van der Waals surface area (Å²) in [6, 6.07) is 12.4. The number of hydrogen-bond acceptors (Lipinski definition) is 0. The first-order valence-corrected chi connectivity index (χ1v) is 8.28. The zero-order valence-corrected chi connectivity index (χ0v) is 10.2. The Hall–Kier alpha value is -0.563. The second-order valence-corrected chi connectivity index (χ2v) is 9.60. The van der Waals surface area contributed by atoms with Crippen molar-refractivity contribution in [3.05, 3.63) is 30.3 Å². The smallest absolute Gasteiger partial charge is 0.0654 e. The average Bonchev–Trinajstić information content (AvgIpc) is 2.04. The van der Waals surface area contributed by atoms with Crippen molar-refractivity contribution in [1.82, 2.24) is 0 Å². The first-order valence-electron chi connectivity index (χ1n) is 5.08. The van der Waals surface area contributed by atoms with Gasteiger partial charge in [-0.1, -0.05) is 68.5 Å². The highest BCUT2D eigenvalue weighted by Crippen LogP contribution is 2.16. The van der Waals surface area contributed by atoms with Crippen LogP contribution in [-0.2, 0) is 0 Å². The van der Waals surface area contributed by atoms with Crippen molar-refractivity contribution >= 4 is 13.3 Å². The molecule has 0 fully saturated rings. The first kappa shape index (κ1) is 10.5. The molecule has 1 rings (SSSR count). The molecule has 0 aliphatic heterocycles. The van der Waals surface area contributed by atoms with E-state index in [9.17, 15) is 0 Å². The lowest BCUT2D eigenvalue weighted by Gasteiger charge is -2.24. The van der Waals surface area contributed by atoms with Crippen LogP contribution in [0.15, 0.2) is 30.3 Å². The van der Waals surface area contributed by atoms with Crippen LogP contribution in [0.25, 0.3) is 0 Å². The van der Waals surface area contributed by atoms with E-state index < -0.39 is 8.07 Å². The molecule has 1 aromatic rings. The lowest BCUT2D eigenvalue weighted by molar-refractivity contribution is 0.723. The number of rotatable bonds is 3. The van der Waals surface area contributed by atoms with Crippen molar-refractivity contribution in [2.45, 2.75) is 33.0 Å². The van der Waals surface area contributed by atoms with E-state index in [4.69, 9.17) is 0 Å². The minimum absolute atomic E-state index is 0.821. The van der Waals surface area contributed by atoms with Gasteiger partial charge in [0.2, 0.25) is 0 Å². The maximum Gasteiger partial charge on any atom is 0.0808 e. The second-order valence-electron chi connectivity index (χ2n) is 4.85. The monoisotopic (exact) mass is 192 g/mol. The molecule has 1 heteroatoms. The molecule has 0 saturated carbocycles. The molecule has 72 valence electrons. The maximum atomic E-state index is 2.46. The van der Waals surface area contributed by atoms with E-state index in [1.54, 1.807) is 5.19 Å². The van der Waals surface area contributed by atoms with Gasteiger partial charge in [-0.15, -0.1) is 0 Å². The standard InChI is InChI=1S/C12H20Si/c1-11(2)10-13(3,4)12-8-6-5-7-9-12/h5-9,11H,10H2,1-4H3. The van der Waals surface area contributed by atoms with E-state index >= 15 is 0 Å². The van der Waals surface area contributed by atoms with Crippen LogP contribution in [0, 0.1) is 5.92 Å². The molecule has 0 spiro atoms. The fourth-order valence-electron chi connectivity index (χ4n) is 2.03. The van der Waals surface area contributed by atoms with E-state index in [0.29, 0.717) is 0 Å². The molecule has 0 aliphatic carbocycles. The Bertz CT molecular complexity index is 249. The number of hydrogen-bond donors (Lipinski definition) is 0. The summed E-state index contributed by atoms with van der Waals surface area (Å²) in [5.74, 6) is 0.821. The quantitative estimate of drug-likeness (QED) is 0.645. The van der Waals surface area contributed by atoms with Crippen molar-refractivity contribution in [3.63, 3.8) is 0 Å². The molecule has 0 heterocycles. The predicted octanol–water partition coefficient (Wildman–Crippen LogP) is 3.26. The summed E-state index contributed by atoms with van der Waals surface area (Å²) < 4.78 is 0. The molecule has 0 nitrogen and oxygen atoms in total. The normalized spacial score (nSPS) is 12.1. The van der Waals surface area contributed by atoms with E-state index in [-0.39, 0.29) is 0 Å². The zero-order chi connectivity index (χ0) is 9.90. The third kappa shape index (κ3) is 3.00. The summed E-state index contributed by atoms with van der Waals surface area (Å²) in [7, 11) is -1.14. The van der Waals surface area contributed by atoms with Gasteiger partial charge < -0.3 is 0 Å². The van der Waals surface area contributed by atoms with Crippen molar-refractivity contribution < 1.29 is 0 Å². The van der Waals surface area contributed by atoms with Gasteiger partial charge >= 0.3 is 0 Å². The van der Waals surface area contributed by atoms with E-state index in [1.165, 1.54) is 6.04 Å². The van der Waals surface area contributed by atoms with Crippen LogP contribution < -0.4 is 5.19 Å². The van der Waals surface area contributed by atoms with Crippen molar-refractivity contribution in [1.29, 1.82) is 0 Å². The third-order valence-corrected chi connectivity index (χ3v) is 6.21. The van der Waals surface area contributed by atoms with Gasteiger partial charge in [0.25, 0.3) is 0 Å². The van der Waals surface area contributed by atoms with E-state index in [1.807, 2.05) is 0 Å². The van der Waals surface area contributed by atoms with Gasteiger partial charge in [0.1, 0.15) is 0 Å². The summed E-state index contributed by atoms with van der Waals surface area (Å²) in [5.41, 5.74) is 0. The summed E-state index contributed by atoms with van der Waals surface area (Å²) in [6.45, 7) is 9.56. The van der Waals surface area contributed by atoms with E-state index in [0.717, 1.165) is 5.92 Å². The molecule has 0 aliphatic rings. The number of benzene rings is 1. The molecule has 0 amide bonds. The van der Waals surface area contributed by atoms with Gasteiger partial charge in [-0.2, -0.15) is 0 Å². The second kappa shape index (κ2) is 4.10. The summed E-state index contributed by atoms with van der Waals surface area (Å²) in [4.78, 5) is 0. The van der Waals surface area contributed by atoms with Crippen LogP contribution in [0.4, 0.5) is 0 Å². The topological polar surface area (TPSA) is 0 Å². The van der Waals surface area contributed by atoms with Gasteiger partial charge in [0.15, 0.2) is 0 Å². The molecule has 13 heavy (non-hydrogen) atoms. The molecule has 0 aromatic heterocycles. The average molecular weight is 192 g/mol. The van der Waals surface area contributed by atoms with Gasteiger partial charge in [0.05, 0.1) is 8.07 Å². The van der Waals surface area contributed by atoms with Crippen LogP contribution >= 0.6 is 0 Å². The Balaban J connectivity index is 2.81. The van der Waals surface area contributed by atoms with Crippen molar-refractivity contribution in [3.8, 4) is 0 Å². The highest BCUT2D eigenvalue weighted by atomic mass is 28.3. The fourth-order valence-corrected chi connectivity index (χ4v) is 5.40. The zero-order valence-electron chi connectivity index (χ0n) is 9.17. The molecular weight excluding hydrogens is 172 g/mol. The Morgan fingerprint density at radius 3 is 2.08 bits per heavy atom.